The molecule has 3 aromatic rings. The van der Waals surface area contributed by atoms with E-state index in [0.717, 1.165) is 36.7 Å². The van der Waals surface area contributed by atoms with E-state index in [1.54, 1.807) is 18.5 Å². The Balaban J connectivity index is 1.48. The summed E-state index contributed by atoms with van der Waals surface area (Å²) in [6.07, 6.45) is 6.82. The molecule has 0 aliphatic carbocycles. The molecule has 1 N–H and O–H groups in total. The van der Waals surface area contributed by atoms with Gasteiger partial charge in [-0.2, -0.15) is 0 Å². The second kappa shape index (κ2) is 8.12. The van der Waals surface area contributed by atoms with E-state index in [-0.39, 0.29) is 11.8 Å². The number of carbonyl (C=O) groups excluding carboxylic acids is 1. The standard InChI is InChI=1S/C21H22N6O/c1-15-4-2-6-19(25-15)26-20-12-16(7-10-23-20)17-5-3-11-27(13-17)21(28)18-8-9-22-14-24-18/h2,4,6-10,12,14,17H,3,5,11,13H2,1H3,(H,23,25,26)/t17-/m0/s1. The van der Waals surface area contributed by atoms with E-state index in [9.17, 15) is 4.79 Å². The van der Waals surface area contributed by atoms with Gasteiger partial charge in [0.25, 0.3) is 5.91 Å². The van der Waals surface area contributed by atoms with Crippen molar-refractivity contribution >= 4 is 17.5 Å². The third kappa shape index (κ3) is 4.14. The number of aromatic nitrogens is 4. The van der Waals surface area contributed by atoms with Crippen LogP contribution in [0.1, 0.15) is 40.5 Å². The topological polar surface area (TPSA) is 83.9 Å². The zero-order chi connectivity index (χ0) is 19.3. The van der Waals surface area contributed by atoms with Gasteiger partial charge in [0.2, 0.25) is 0 Å². The number of piperidine rings is 1. The van der Waals surface area contributed by atoms with Gasteiger partial charge >= 0.3 is 0 Å². The number of amides is 1. The van der Waals surface area contributed by atoms with Crippen molar-refractivity contribution in [2.24, 2.45) is 0 Å². The highest BCUT2D eigenvalue weighted by atomic mass is 16.2. The van der Waals surface area contributed by atoms with Gasteiger partial charge in [0.15, 0.2) is 0 Å². The number of hydrogen-bond donors (Lipinski definition) is 1. The molecular weight excluding hydrogens is 352 g/mol. The quantitative estimate of drug-likeness (QED) is 0.754. The normalized spacial score (nSPS) is 16.6. The number of nitrogens with one attached hydrogen (secondary N) is 1. The third-order valence-corrected chi connectivity index (χ3v) is 4.91. The number of hydrogen-bond acceptors (Lipinski definition) is 6. The monoisotopic (exact) mass is 374 g/mol. The lowest BCUT2D eigenvalue weighted by molar-refractivity contribution is 0.0701. The predicted molar refractivity (Wildman–Crippen MR) is 106 cm³/mol. The first-order chi connectivity index (χ1) is 13.7. The van der Waals surface area contributed by atoms with Gasteiger partial charge in [0.05, 0.1) is 0 Å². The zero-order valence-electron chi connectivity index (χ0n) is 15.7. The molecule has 0 radical (unpaired) electrons. The molecule has 0 unspecified atom stereocenters. The van der Waals surface area contributed by atoms with Crippen LogP contribution < -0.4 is 5.32 Å². The summed E-state index contributed by atoms with van der Waals surface area (Å²) < 4.78 is 0. The molecule has 1 amide bonds. The van der Waals surface area contributed by atoms with Crippen molar-refractivity contribution in [3.05, 3.63) is 72.1 Å². The van der Waals surface area contributed by atoms with Gasteiger partial charge in [-0.05, 0) is 55.7 Å². The number of anilines is 2. The number of carbonyl (C=O) groups is 1. The van der Waals surface area contributed by atoms with E-state index >= 15 is 0 Å². The maximum Gasteiger partial charge on any atom is 0.272 e. The van der Waals surface area contributed by atoms with E-state index in [1.807, 2.05) is 42.2 Å². The van der Waals surface area contributed by atoms with E-state index in [0.29, 0.717) is 12.2 Å². The van der Waals surface area contributed by atoms with Crippen molar-refractivity contribution in [2.75, 3.05) is 18.4 Å². The molecular formula is C21H22N6O. The van der Waals surface area contributed by atoms with Crippen LogP contribution in [-0.4, -0.2) is 43.8 Å². The molecule has 4 heterocycles. The summed E-state index contributed by atoms with van der Waals surface area (Å²) in [4.78, 5) is 31.5. The van der Waals surface area contributed by atoms with E-state index in [4.69, 9.17) is 0 Å². The van der Waals surface area contributed by atoms with Crippen LogP contribution in [0.5, 0.6) is 0 Å². The van der Waals surface area contributed by atoms with Gasteiger partial charge < -0.3 is 10.2 Å². The predicted octanol–water partition coefficient (Wildman–Crippen LogP) is 3.34. The Hall–Kier alpha value is -3.35. The van der Waals surface area contributed by atoms with Gasteiger partial charge in [-0.15, -0.1) is 0 Å². The summed E-state index contributed by atoms with van der Waals surface area (Å²) in [6.45, 7) is 3.39. The van der Waals surface area contributed by atoms with Crippen molar-refractivity contribution in [2.45, 2.75) is 25.7 Å². The first kappa shape index (κ1) is 18.0. The van der Waals surface area contributed by atoms with Crippen LogP contribution in [0.3, 0.4) is 0 Å². The first-order valence-electron chi connectivity index (χ1n) is 9.41. The lowest BCUT2D eigenvalue weighted by Gasteiger charge is -2.33. The van der Waals surface area contributed by atoms with E-state index in [1.165, 1.54) is 11.9 Å². The fourth-order valence-corrected chi connectivity index (χ4v) is 3.53. The van der Waals surface area contributed by atoms with Crippen LogP contribution in [0, 0.1) is 6.92 Å². The minimum Gasteiger partial charge on any atom is -0.337 e. The molecule has 0 aromatic carbocycles. The van der Waals surface area contributed by atoms with Crippen molar-refractivity contribution in [1.82, 2.24) is 24.8 Å². The average Bonchev–Trinajstić information content (AvgIpc) is 2.74. The van der Waals surface area contributed by atoms with Crippen molar-refractivity contribution < 1.29 is 4.79 Å². The fourth-order valence-electron chi connectivity index (χ4n) is 3.53. The van der Waals surface area contributed by atoms with Gasteiger partial charge in [0, 0.05) is 37.1 Å². The molecule has 0 spiro atoms. The molecule has 0 saturated carbocycles. The summed E-state index contributed by atoms with van der Waals surface area (Å²) >= 11 is 0. The van der Waals surface area contributed by atoms with Crippen LogP contribution >= 0.6 is 0 Å². The van der Waals surface area contributed by atoms with Gasteiger partial charge in [-0.25, -0.2) is 19.9 Å². The van der Waals surface area contributed by atoms with Crippen LogP contribution in [-0.2, 0) is 0 Å². The Morgan fingerprint density at radius 2 is 2.07 bits per heavy atom. The Morgan fingerprint density at radius 3 is 2.89 bits per heavy atom. The maximum atomic E-state index is 12.7. The number of pyridine rings is 2. The van der Waals surface area contributed by atoms with Crippen LogP contribution in [0.15, 0.2) is 55.1 Å². The van der Waals surface area contributed by atoms with Gasteiger partial charge in [-0.3, -0.25) is 4.79 Å². The molecule has 1 fully saturated rings. The van der Waals surface area contributed by atoms with Gasteiger partial charge in [0.1, 0.15) is 23.7 Å². The van der Waals surface area contributed by atoms with E-state index in [2.05, 4.69) is 25.3 Å². The van der Waals surface area contributed by atoms with Gasteiger partial charge in [-0.1, -0.05) is 6.07 Å². The number of aryl methyl sites for hydroxylation is 1. The SMILES string of the molecule is Cc1cccc(Nc2cc([C@H]3CCCN(C(=O)c4ccncn4)C3)ccn2)n1. The maximum absolute atomic E-state index is 12.7. The summed E-state index contributed by atoms with van der Waals surface area (Å²) in [5.74, 6) is 1.76. The summed E-state index contributed by atoms with van der Waals surface area (Å²) in [5.41, 5.74) is 2.57. The molecule has 1 atom stereocenters. The minimum absolute atomic E-state index is 0.0385. The highest BCUT2D eigenvalue weighted by Gasteiger charge is 2.26. The molecule has 7 heteroatoms. The molecule has 0 bridgehead atoms. The first-order valence-corrected chi connectivity index (χ1v) is 9.41. The molecule has 1 saturated heterocycles. The summed E-state index contributed by atoms with van der Waals surface area (Å²) in [6, 6.07) is 11.6. The molecule has 142 valence electrons. The second-order valence-corrected chi connectivity index (χ2v) is 6.95. The lowest BCUT2D eigenvalue weighted by Crippen LogP contribution is -2.39. The number of rotatable bonds is 4. The average molecular weight is 374 g/mol. The highest BCUT2D eigenvalue weighted by Crippen LogP contribution is 2.29. The van der Waals surface area contributed by atoms with Crippen LogP contribution in [0.25, 0.3) is 0 Å². The molecule has 3 aromatic heterocycles. The van der Waals surface area contributed by atoms with Crippen molar-refractivity contribution in [1.29, 1.82) is 0 Å². The summed E-state index contributed by atoms with van der Waals surface area (Å²) in [5, 5.41) is 3.26. The fraction of sp³-hybridized carbons (Fsp3) is 0.286. The zero-order valence-corrected chi connectivity index (χ0v) is 15.7. The Kier molecular flexibility index (Phi) is 5.23. The Bertz CT molecular complexity index is 962. The number of likely N-dealkylation sites (tertiary alicyclic amines) is 1. The third-order valence-electron chi connectivity index (χ3n) is 4.91. The Labute approximate surface area is 163 Å². The molecule has 4 rings (SSSR count). The Morgan fingerprint density at radius 1 is 1.14 bits per heavy atom. The van der Waals surface area contributed by atoms with Crippen LogP contribution in [0.2, 0.25) is 0 Å². The molecule has 1 aliphatic heterocycles. The second-order valence-electron chi connectivity index (χ2n) is 6.95. The minimum atomic E-state index is -0.0385. The number of nitrogens with zero attached hydrogens (tertiary/aromatic N) is 5. The molecule has 7 nitrogen and oxygen atoms in total. The molecule has 28 heavy (non-hydrogen) atoms. The van der Waals surface area contributed by atoms with Crippen LogP contribution in [0.4, 0.5) is 11.6 Å². The summed E-state index contributed by atoms with van der Waals surface area (Å²) in [7, 11) is 0. The highest BCUT2D eigenvalue weighted by molar-refractivity contribution is 5.92. The lowest BCUT2D eigenvalue weighted by atomic mass is 9.91. The van der Waals surface area contributed by atoms with Crippen molar-refractivity contribution in [3.63, 3.8) is 0 Å². The largest absolute Gasteiger partial charge is 0.337 e. The van der Waals surface area contributed by atoms with E-state index < -0.39 is 0 Å². The van der Waals surface area contributed by atoms with Crippen molar-refractivity contribution in [3.8, 4) is 0 Å². The smallest absolute Gasteiger partial charge is 0.272 e. The molecule has 1 aliphatic rings.